The van der Waals surface area contributed by atoms with E-state index in [0.717, 1.165) is 24.5 Å². The molecule has 0 bridgehead atoms. The molecule has 4 nitrogen and oxygen atoms in total. The predicted molar refractivity (Wildman–Crippen MR) is 67.8 cm³/mol. The Labute approximate surface area is 101 Å². The van der Waals surface area contributed by atoms with Gasteiger partial charge in [0.05, 0.1) is 6.54 Å². The number of anilines is 2. The summed E-state index contributed by atoms with van der Waals surface area (Å²) in [6, 6.07) is 8.19. The molecule has 1 saturated carbocycles. The van der Waals surface area contributed by atoms with Crippen LogP contribution in [-0.2, 0) is 4.79 Å². The van der Waals surface area contributed by atoms with Crippen LogP contribution in [0.15, 0.2) is 24.3 Å². The van der Waals surface area contributed by atoms with Gasteiger partial charge in [-0.3, -0.25) is 9.69 Å². The Morgan fingerprint density at radius 3 is 2.41 bits per heavy atom. The molecule has 1 heterocycles. The Hall–Kier alpha value is -1.55. The van der Waals surface area contributed by atoms with Crippen LogP contribution >= 0.6 is 0 Å². The standard InChI is InChI=1S/C13H17N3O/c14-10-1-3-12(4-2-10)16-8-7-15(9-13(16)17)11-5-6-11/h1-4,11H,5-9,14H2. The molecule has 1 aromatic carbocycles. The molecule has 90 valence electrons. The minimum Gasteiger partial charge on any atom is -0.399 e. The zero-order valence-electron chi connectivity index (χ0n) is 9.80. The van der Waals surface area contributed by atoms with Gasteiger partial charge < -0.3 is 10.6 Å². The Balaban J connectivity index is 1.72. The summed E-state index contributed by atoms with van der Waals surface area (Å²) in [5, 5.41) is 0. The molecule has 0 unspecified atom stereocenters. The maximum atomic E-state index is 12.1. The third kappa shape index (κ3) is 2.13. The van der Waals surface area contributed by atoms with E-state index >= 15 is 0 Å². The molecule has 1 saturated heterocycles. The molecule has 1 amide bonds. The van der Waals surface area contributed by atoms with Crippen molar-refractivity contribution in [2.75, 3.05) is 30.3 Å². The van der Waals surface area contributed by atoms with Crippen LogP contribution in [0.25, 0.3) is 0 Å². The topological polar surface area (TPSA) is 49.6 Å². The van der Waals surface area contributed by atoms with Gasteiger partial charge in [-0.1, -0.05) is 0 Å². The van der Waals surface area contributed by atoms with Gasteiger partial charge in [0, 0.05) is 30.5 Å². The Bertz CT molecular complexity index is 425. The SMILES string of the molecule is Nc1ccc(N2CCN(C3CC3)CC2=O)cc1. The molecule has 0 radical (unpaired) electrons. The van der Waals surface area contributed by atoms with Crippen LogP contribution in [0, 0.1) is 0 Å². The van der Waals surface area contributed by atoms with E-state index in [0.29, 0.717) is 12.6 Å². The third-order valence-corrected chi connectivity index (χ3v) is 3.52. The van der Waals surface area contributed by atoms with Crippen LogP contribution in [0.1, 0.15) is 12.8 Å². The molecule has 1 aliphatic carbocycles. The molecule has 17 heavy (non-hydrogen) atoms. The summed E-state index contributed by atoms with van der Waals surface area (Å²) in [6.07, 6.45) is 2.52. The number of nitrogens with two attached hydrogens (primary N) is 1. The summed E-state index contributed by atoms with van der Waals surface area (Å²) in [6.45, 7) is 2.34. The molecule has 1 aromatic rings. The fraction of sp³-hybridized carbons (Fsp3) is 0.462. The lowest BCUT2D eigenvalue weighted by molar-refractivity contribution is -0.121. The highest BCUT2D eigenvalue weighted by Gasteiger charge is 2.34. The highest BCUT2D eigenvalue weighted by atomic mass is 16.2. The molecule has 0 spiro atoms. The maximum absolute atomic E-state index is 12.1. The van der Waals surface area contributed by atoms with Crippen molar-refractivity contribution >= 4 is 17.3 Å². The van der Waals surface area contributed by atoms with E-state index < -0.39 is 0 Å². The molecule has 2 aliphatic rings. The second-order valence-electron chi connectivity index (χ2n) is 4.84. The van der Waals surface area contributed by atoms with Gasteiger partial charge in [0.15, 0.2) is 0 Å². The van der Waals surface area contributed by atoms with Gasteiger partial charge in [-0.25, -0.2) is 0 Å². The number of nitrogen functional groups attached to an aromatic ring is 1. The quantitative estimate of drug-likeness (QED) is 0.775. The van der Waals surface area contributed by atoms with E-state index in [-0.39, 0.29) is 5.91 Å². The van der Waals surface area contributed by atoms with E-state index in [1.807, 2.05) is 29.2 Å². The highest BCUT2D eigenvalue weighted by molar-refractivity contribution is 5.95. The normalized spacial score (nSPS) is 21.9. The lowest BCUT2D eigenvalue weighted by Crippen LogP contribution is -2.51. The average molecular weight is 231 g/mol. The number of rotatable bonds is 2. The fourth-order valence-electron chi connectivity index (χ4n) is 2.37. The van der Waals surface area contributed by atoms with E-state index in [4.69, 9.17) is 5.73 Å². The Morgan fingerprint density at radius 1 is 1.12 bits per heavy atom. The molecule has 4 heteroatoms. The van der Waals surface area contributed by atoms with Crippen molar-refractivity contribution in [2.45, 2.75) is 18.9 Å². The van der Waals surface area contributed by atoms with Crippen molar-refractivity contribution in [3.8, 4) is 0 Å². The molecule has 1 aliphatic heterocycles. The summed E-state index contributed by atoms with van der Waals surface area (Å²) in [5.74, 6) is 0.202. The van der Waals surface area contributed by atoms with Crippen LogP contribution in [0.4, 0.5) is 11.4 Å². The van der Waals surface area contributed by atoms with Crippen molar-refractivity contribution in [3.05, 3.63) is 24.3 Å². The highest BCUT2D eigenvalue weighted by Crippen LogP contribution is 2.29. The molecular formula is C13H17N3O. The van der Waals surface area contributed by atoms with Crippen molar-refractivity contribution < 1.29 is 4.79 Å². The van der Waals surface area contributed by atoms with Crippen molar-refractivity contribution in [1.82, 2.24) is 4.90 Å². The lowest BCUT2D eigenvalue weighted by atomic mass is 10.2. The van der Waals surface area contributed by atoms with Crippen LogP contribution in [-0.4, -0.2) is 36.5 Å². The summed E-state index contributed by atoms with van der Waals surface area (Å²) in [5.41, 5.74) is 7.34. The first-order valence-electron chi connectivity index (χ1n) is 6.14. The zero-order valence-corrected chi connectivity index (χ0v) is 9.80. The zero-order chi connectivity index (χ0) is 11.8. The van der Waals surface area contributed by atoms with Gasteiger partial charge in [-0.15, -0.1) is 0 Å². The molecule has 2 fully saturated rings. The van der Waals surface area contributed by atoms with Crippen molar-refractivity contribution in [2.24, 2.45) is 0 Å². The summed E-state index contributed by atoms with van der Waals surface area (Å²) in [7, 11) is 0. The van der Waals surface area contributed by atoms with Gasteiger partial charge in [0.2, 0.25) is 5.91 Å². The summed E-state index contributed by atoms with van der Waals surface area (Å²) >= 11 is 0. The van der Waals surface area contributed by atoms with Gasteiger partial charge in [0.1, 0.15) is 0 Å². The van der Waals surface area contributed by atoms with E-state index in [2.05, 4.69) is 4.90 Å². The number of piperazine rings is 1. The molecule has 3 rings (SSSR count). The first-order valence-corrected chi connectivity index (χ1v) is 6.14. The van der Waals surface area contributed by atoms with E-state index in [9.17, 15) is 4.79 Å². The second-order valence-corrected chi connectivity index (χ2v) is 4.84. The van der Waals surface area contributed by atoms with Crippen molar-refractivity contribution in [3.63, 3.8) is 0 Å². The van der Waals surface area contributed by atoms with Crippen molar-refractivity contribution in [1.29, 1.82) is 0 Å². The number of hydrogen-bond acceptors (Lipinski definition) is 3. The number of hydrogen-bond donors (Lipinski definition) is 1. The van der Waals surface area contributed by atoms with Crippen LogP contribution < -0.4 is 10.6 Å². The van der Waals surface area contributed by atoms with Gasteiger partial charge >= 0.3 is 0 Å². The largest absolute Gasteiger partial charge is 0.399 e. The summed E-state index contributed by atoms with van der Waals surface area (Å²) < 4.78 is 0. The van der Waals surface area contributed by atoms with E-state index in [1.54, 1.807) is 0 Å². The molecule has 2 N–H and O–H groups in total. The second kappa shape index (κ2) is 4.04. The Kier molecular flexibility index (Phi) is 2.52. The average Bonchev–Trinajstić information content (AvgIpc) is 3.14. The first-order chi connectivity index (χ1) is 8.24. The van der Waals surface area contributed by atoms with Crippen LogP contribution in [0.2, 0.25) is 0 Å². The first kappa shape index (κ1) is 10.6. The smallest absolute Gasteiger partial charge is 0.241 e. The lowest BCUT2D eigenvalue weighted by Gasteiger charge is -2.34. The fourth-order valence-corrected chi connectivity index (χ4v) is 2.37. The Morgan fingerprint density at radius 2 is 1.82 bits per heavy atom. The van der Waals surface area contributed by atoms with Gasteiger partial charge in [-0.2, -0.15) is 0 Å². The summed E-state index contributed by atoms with van der Waals surface area (Å²) in [4.78, 5) is 16.2. The monoisotopic (exact) mass is 231 g/mol. The van der Waals surface area contributed by atoms with Gasteiger partial charge in [0.25, 0.3) is 0 Å². The number of amides is 1. The van der Waals surface area contributed by atoms with Gasteiger partial charge in [-0.05, 0) is 37.1 Å². The minimum atomic E-state index is 0.202. The third-order valence-electron chi connectivity index (χ3n) is 3.52. The number of carbonyl (C=O) groups excluding carboxylic acids is 1. The number of nitrogens with zero attached hydrogens (tertiary/aromatic N) is 2. The number of benzene rings is 1. The van der Waals surface area contributed by atoms with Crippen LogP contribution in [0.3, 0.4) is 0 Å². The van der Waals surface area contributed by atoms with Crippen LogP contribution in [0.5, 0.6) is 0 Å². The minimum absolute atomic E-state index is 0.202. The maximum Gasteiger partial charge on any atom is 0.241 e. The number of carbonyl (C=O) groups is 1. The molecular weight excluding hydrogens is 214 g/mol. The molecule has 0 aromatic heterocycles. The van der Waals surface area contributed by atoms with E-state index in [1.165, 1.54) is 12.8 Å². The molecule has 0 atom stereocenters. The predicted octanol–water partition coefficient (Wildman–Crippen LogP) is 1.08.